The molecule has 11 heteroatoms. The Morgan fingerprint density at radius 1 is 1.22 bits per heavy atom. The number of rotatable bonds is 6. The van der Waals surface area contributed by atoms with Crippen molar-refractivity contribution in [3.63, 3.8) is 0 Å². The molecule has 0 aromatic carbocycles. The highest BCUT2D eigenvalue weighted by Crippen LogP contribution is 2.24. The summed E-state index contributed by atoms with van der Waals surface area (Å²) >= 11 is 0. The molecule has 0 amide bonds. The Hall–Kier alpha value is -1.82. The number of nitrogens with zero attached hydrogens (tertiary/aromatic N) is 3. The van der Waals surface area contributed by atoms with Crippen LogP contribution in [-0.2, 0) is 20.0 Å². The number of hydrogen-bond acceptors (Lipinski definition) is 7. The van der Waals surface area contributed by atoms with E-state index in [4.69, 9.17) is 4.52 Å². The van der Waals surface area contributed by atoms with Gasteiger partial charge in [0.2, 0.25) is 20.0 Å². The normalized spacial score (nSPS) is 17.3. The number of aryl methyl sites for hydroxylation is 2. The van der Waals surface area contributed by atoms with Gasteiger partial charge >= 0.3 is 0 Å². The maximum absolute atomic E-state index is 12.6. The monoisotopic (exact) mass is 414 g/mol. The van der Waals surface area contributed by atoms with E-state index in [1.54, 1.807) is 19.9 Å². The van der Waals surface area contributed by atoms with E-state index in [2.05, 4.69) is 14.9 Å². The van der Waals surface area contributed by atoms with Crippen LogP contribution >= 0.6 is 0 Å². The van der Waals surface area contributed by atoms with Crippen molar-refractivity contribution in [2.75, 3.05) is 19.6 Å². The van der Waals surface area contributed by atoms with Crippen LogP contribution in [0.3, 0.4) is 0 Å². The van der Waals surface area contributed by atoms with Gasteiger partial charge < -0.3 is 4.52 Å². The Bertz CT molecular complexity index is 975. The molecular weight excluding hydrogens is 392 g/mol. The van der Waals surface area contributed by atoms with E-state index in [1.807, 2.05) is 0 Å². The summed E-state index contributed by atoms with van der Waals surface area (Å²) in [4.78, 5) is 4.10. The molecule has 1 fully saturated rings. The molecule has 1 aliphatic rings. The van der Waals surface area contributed by atoms with Gasteiger partial charge in [-0.2, -0.15) is 4.31 Å². The van der Waals surface area contributed by atoms with Gasteiger partial charge in [0.15, 0.2) is 5.76 Å². The molecule has 0 unspecified atom stereocenters. The summed E-state index contributed by atoms with van der Waals surface area (Å²) in [6, 6.07) is 3.11. The fourth-order valence-electron chi connectivity index (χ4n) is 3.16. The number of nitrogens with one attached hydrogen (secondary N) is 1. The zero-order valence-electron chi connectivity index (χ0n) is 15.1. The first-order chi connectivity index (χ1) is 12.7. The third-order valence-corrected chi connectivity index (χ3v) is 8.19. The second-order valence-electron chi connectivity index (χ2n) is 6.54. The molecule has 0 radical (unpaired) electrons. The molecule has 1 saturated heterocycles. The van der Waals surface area contributed by atoms with Crippen LogP contribution in [0.25, 0.3) is 0 Å². The molecule has 1 aliphatic heterocycles. The van der Waals surface area contributed by atoms with E-state index >= 15 is 0 Å². The molecule has 0 atom stereocenters. The van der Waals surface area contributed by atoms with Crippen molar-refractivity contribution in [2.24, 2.45) is 5.92 Å². The standard InChI is InChI=1S/C16H22N4O5S2/c1-12-16(13(2)25-19-12)26(21,22)18-10-14-5-8-20(9-6-14)27(23,24)15-4-3-7-17-11-15/h3-4,7,11,14,18H,5-6,8-10H2,1-2H3. The van der Waals surface area contributed by atoms with Crippen LogP contribution in [0.15, 0.2) is 38.8 Å². The molecule has 3 rings (SSSR count). The molecule has 148 valence electrons. The summed E-state index contributed by atoms with van der Waals surface area (Å²) in [5, 5.41) is 3.67. The summed E-state index contributed by atoms with van der Waals surface area (Å²) in [5.41, 5.74) is 0.317. The highest BCUT2D eigenvalue weighted by atomic mass is 32.2. The van der Waals surface area contributed by atoms with Gasteiger partial charge in [-0.15, -0.1) is 0 Å². The fourth-order valence-corrected chi connectivity index (χ4v) is 6.04. The van der Waals surface area contributed by atoms with E-state index < -0.39 is 20.0 Å². The van der Waals surface area contributed by atoms with E-state index in [-0.39, 0.29) is 28.0 Å². The van der Waals surface area contributed by atoms with Gasteiger partial charge in [-0.25, -0.2) is 21.6 Å². The SMILES string of the molecule is Cc1noc(C)c1S(=O)(=O)NCC1CCN(S(=O)(=O)c2cccnc2)CC1. The number of aromatic nitrogens is 2. The molecule has 0 saturated carbocycles. The topological polar surface area (TPSA) is 122 Å². The first-order valence-electron chi connectivity index (χ1n) is 8.54. The van der Waals surface area contributed by atoms with Gasteiger partial charge in [-0.3, -0.25) is 4.98 Å². The Labute approximate surface area is 158 Å². The Balaban J connectivity index is 1.59. The maximum atomic E-state index is 12.6. The van der Waals surface area contributed by atoms with Gasteiger partial charge in [0.05, 0.1) is 0 Å². The lowest BCUT2D eigenvalue weighted by Crippen LogP contribution is -2.41. The number of hydrogen-bond donors (Lipinski definition) is 1. The Kier molecular flexibility index (Phi) is 5.65. The third kappa shape index (κ3) is 4.21. The minimum atomic E-state index is -3.71. The predicted octanol–water partition coefficient (Wildman–Crippen LogP) is 1.07. The number of piperidine rings is 1. The minimum Gasteiger partial charge on any atom is -0.360 e. The summed E-state index contributed by atoms with van der Waals surface area (Å²) in [5.74, 6) is 0.304. The van der Waals surface area contributed by atoms with Crippen LogP contribution in [0.2, 0.25) is 0 Å². The van der Waals surface area contributed by atoms with Crippen molar-refractivity contribution in [3.8, 4) is 0 Å². The average molecular weight is 415 g/mol. The van der Waals surface area contributed by atoms with Gasteiger partial charge in [-0.1, -0.05) is 5.16 Å². The average Bonchev–Trinajstić information content (AvgIpc) is 3.00. The summed E-state index contributed by atoms with van der Waals surface area (Å²) in [7, 11) is -7.27. The molecule has 1 N–H and O–H groups in total. The largest absolute Gasteiger partial charge is 0.360 e. The predicted molar refractivity (Wildman–Crippen MR) is 96.9 cm³/mol. The van der Waals surface area contributed by atoms with Gasteiger partial charge in [0.25, 0.3) is 0 Å². The zero-order chi connectivity index (χ0) is 19.7. The molecular formula is C16H22N4O5S2. The van der Waals surface area contributed by atoms with Gasteiger partial charge in [0.1, 0.15) is 15.5 Å². The summed E-state index contributed by atoms with van der Waals surface area (Å²) in [6.45, 7) is 4.06. The molecule has 27 heavy (non-hydrogen) atoms. The van der Waals surface area contributed by atoms with E-state index in [9.17, 15) is 16.8 Å². The smallest absolute Gasteiger partial charge is 0.245 e. The molecule has 0 spiro atoms. The highest BCUT2D eigenvalue weighted by molar-refractivity contribution is 7.89. The molecule has 3 heterocycles. The van der Waals surface area contributed by atoms with Crippen molar-refractivity contribution in [2.45, 2.75) is 36.5 Å². The highest BCUT2D eigenvalue weighted by Gasteiger charge is 2.31. The zero-order valence-corrected chi connectivity index (χ0v) is 16.8. The quantitative estimate of drug-likeness (QED) is 0.750. The van der Waals surface area contributed by atoms with Crippen LogP contribution in [0, 0.1) is 19.8 Å². The number of sulfonamides is 2. The van der Waals surface area contributed by atoms with Crippen molar-refractivity contribution in [1.82, 2.24) is 19.2 Å². The molecule has 0 aliphatic carbocycles. The first kappa shape index (κ1) is 19.9. The Morgan fingerprint density at radius 3 is 2.48 bits per heavy atom. The van der Waals surface area contributed by atoms with Crippen LogP contribution in [-0.4, -0.2) is 50.9 Å². The van der Waals surface area contributed by atoms with Crippen molar-refractivity contribution in [3.05, 3.63) is 36.0 Å². The van der Waals surface area contributed by atoms with Crippen LogP contribution in [0.4, 0.5) is 0 Å². The minimum absolute atomic E-state index is 0.0561. The second-order valence-corrected chi connectivity index (χ2v) is 10.2. The first-order valence-corrected chi connectivity index (χ1v) is 11.5. The van der Waals surface area contributed by atoms with E-state index in [0.29, 0.717) is 31.6 Å². The van der Waals surface area contributed by atoms with Crippen molar-refractivity contribution in [1.29, 1.82) is 0 Å². The molecule has 9 nitrogen and oxygen atoms in total. The molecule has 2 aromatic rings. The second kappa shape index (κ2) is 7.66. The summed E-state index contributed by atoms with van der Waals surface area (Å²) < 4.78 is 59.1. The van der Waals surface area contributed by atoms with Gasteiger partial charge in [0, 0.05) is 32.0 Å². The van der Waals surface area contributed by atoms with Crippen LogP contribution < -0.4 is 4.72 Å². The van der Waals surface area contributed by atoms with E-state index in [1.165, 1.54) is 22.8 Å². The maximum Gasteiger partial charge on any atom is 0.245 e. The summed E-state index contributed by atoms with van der Waals surface area (Å²) in [6.07, 6.45) is 4.00. The lowest BCUT2D eigenvalue weighted by Gasteiger charge is -2.31. The van der Waals surface area contributed by atoms with Crippen LogP contribution in [0.1, 0.15) is 24.3 Å². The number of pyridine rings is 1. The third-order valence-electron chi connectivity index (χ3n) is 4.64. The Morgan fingerprint density at radius 2 is 1.93 bits per heavy atom. The van der Waals surface area contributed by atoms with Crippen molar-refractivity contribution < 1.29 is 21.4 Å². The molecule has 2 aromatic heterocycles. The lowest BCUT2D eigenvalue weighted by molar-refractivity contribution is 0.274. The van der Waals surface area contributed by atoms with Gasteiger partial charge in [-0.05, 0) is 44.7 Å². The fraction of sp³-hybridized carbons (Fsp3) is 0.500. The van der Waals surface area contributed by atoms with Crippen molar-refractivity contribution >= 4 is 20.0 Å². The molecule has 0 bridgehead atoms. The van der Waals surface area contributed by atoms with Crippen LogP contribution in [0.5, 0.6) is 0 Å². The van der Waals surface area contributed by atoms with E-state index in [0.717, 1.165) is 0 Å². The lowest BCUT2D eigenvalue weighted by atomic mass is 9.99.